The normalized spacial score (nSPS) is 19.8. The minimum atomic E-state index is -1.06. The number of para-hydroxylation sites is 1. The van der Waals surface area contributed by atoms with E-state index in [9.17, 15) is 14.9 Å². The number of rotatable bonds is 8. The monoisotopic (exact) mass is 483 g/mol. The summed E-state index contributed by atoms with van der Waals surface area (Å²) in [7, 11) is 0. The summed E-state index contributed by atoms with van der Waals surface area (Å²) in [5.41, 5.74) is 0.253. The second-order valence-electron chi connectivity index (χ2n) is 7.69. The molecular weight excluding hydrogens is 462 g/mol. The highest BCUT2D eigenvalue weighted by Gasteiger charge is 2.61. The number of esters is 2. The van der Waals surface area contributed by atoms with E-state index in [4.69, 9.17) is 14.2 Å². The number of ether oxygens (including phenoxy) is 3. The SMILES string of the molecule is CC1(C)[C@H](C(=O)O[C@H](C#N)c2cccc(Oc3ccccc3)c2)[C@@H]1C=CC(=O)OCBr. The third kappa shape index (κ3) is 5.53. The van der Waals surface area contributed by atoms with Crippen LogP contribution in [-0.4, -0.2) is 17.5 Å². The number of allylic oxidation sites excluding steroid dienone is 1. The molecule has 0 bridgehead atoms. The molecule has 1 aliphatic carbocycles. The Morgan fingerprint density at radius 2 is 1.87 bits per heavy atom. The first-order valence-corrected chi connectivity index (χ1v) is 10.8. The molecule has 0 aliphatic heterocycles. The Labute approximate surface area is 189 Å². The van der Waals surface area contributed by atoms with Gasteiger partial charge >= 0.3 is 11.9 Å². The van der Waals surface area contributed by atoms with Gasteiger partial charge in [0.2, 0.25) is 6.10 Å². The van der Waals surface area contributed by atoms with E-state index in [0.717, 1.165) is 0 Å². The van der Waals surface area contributed by atoms with Crippen LogP contribution in [0.1, 0.15) is 25.5 Å². The van der Waals surface area contributed by atoms with Gasteiger partial charge in [0.15, 0.2) is 0 Å². The first-order chi connectivity index (χ1) is 14.9. The third-order valence-electron chi connectivity index (χ3n) is 5.29. The Morgan fingerprint density at radius 3 is 2.55 bits per heavy atom. The quantitative estimate of drug-likeness (QED) is 0.287. The largest absolute Gasteiger partial charge is 0.457 e. The number of benzene rings is 2. The maximum atomic E-state index is 12.8. The fourth-order valence-corrected chi connectivity index (χ4v) is 3.72. The van der Waals surface area contributed by atoms with Gasteiger partial charge in [-0.2, -0.15) is 5.26 Å². The topological polar surface area (TPSA) is 85.6 Å². The van der Waals surface area contributed by atoms with E-state index >= 15 is 0 Å². The van der Waals surface area contributed by atoms with E-state index in [1.165, 1.54) is 6.08 Å². The molecule has 0 N–H and O–H groups in total. The van der Waals surface area contributed by atoms with Gasteiger partial charge in [-0.05, 0) is 51.5 Å². The Balaban J connectivity index is 1.67. The molecular formula is C24H22BrNO5. The van der Waals surface area contributed by atoms with Crippen LogP contribution >= 0.6 is 15.9 Å². The third-order valence-corrected chi connectivity index (χ3v) is 5.52. The summed E-state index contributed by atoms with van der Waals surface area (Å²) in [6, 6.07) is 18.2. The first kappa shape index (κ1) is 22.6. The number of carbonyl (C=O) groups excluding carboxylic acids is 2. The summed E-state index contributed by atoms with van der Waals surface area (Å²) < 4.78 is 16.1. The van der Waals surface area contributed by atoms with Crippen molar-refractivity contribution in [2.45, 2.75) is 20.0 Å². The van der Waals surface area contributed by atoms with Gasteiger partial charge in [-0.25, -0.2) is 4.79 Å². The van der Waals surface area contributed by atoms with E-state index in [1.54, 1.807) is 30.3 Å². The summed E-state index contributed by atoms with van der Waals surface area (Å²) in [4.78, 5) is 24.3. The molecule has 1 fully saturated rings. The highest BCUT2D eigenvalue weighted by molar-refractivity contribution is 9.09. The summed E-state index contributed by atoms with van der Waals surface area (Å²) in [6.45, 7) is 3.83. The molecule has 3 rings (SSSR count). The van der Waals surface area contributed by atoms with Crippen LogP contribution in [0, 0.1) is 28.6 Å². The first-order valence-electron chi connectivity index (χ1n) is 9.70. The minimum Gasteiger partial charge on any atom is -0.457 e. The molecule has 0 spiro atoms. The number of halogens is 1. The number of carbonyl (C=O) groups is 2. The van der Waals surface area contributed by atoms with Gasteiger partial charge in [0.25, 0.3) is 0 Å². The fraction of sp³-hybridized carbons (Fsp3) is 0.292. The molecule has 0 aromatic heterocycles. The molecule has 2 aromatic carbocycles. The predicted molar refractivity (Wildman–Crippen MR) is 117 cm³/mol. The predicted octanol–water partition coefficient (Wildman–Crippen LogP) is 5.31. The lowest BCUT2D eigenvalue weighted by atomic mass is 10.1. The average Bonchev–Trinajstić information content (AvgIpc) is 3.32. The number of nitrogens with zero attached hydrogens (tertiary/aromatic N) is 1. The zero-order valence-electron chi connectivity index (χ0n) is 17.2. The van der Waals surface area contributed by atoms with Crippen molar-refractivity contribution in [3.63, 3.8) is 0 Å². The van der Waals surface area contributed by atoms with Gasteiger partial charge in [-0.1, -0.05) is 50.3 Å². The summed E-state index contributed by atoms with van der Waals surface area (Å²) in [5.74, 6) is -0.378. The molecule has 0 radical (unpaired) electrons. The van der Waals surface area contributed by atoms with Crippen molar-refractivity contribution in [2.75, 3.05) is 5.52 Å². The van der Waals surface area contributed by atoms with Crippen molar-refractivity contribution in [2.24, 2.45) is 17.3 Å². The van der Waals surface area contributed by atoms with Gasteiger partial charge in [-0.15, -0.1) is 0 Å². The molecule has 0 unspecified atom stereocenters. The summed E-state index contributed by atoms with van der Waals surface area (Å²) >= 11 is 3.02. The van der Waals surface area contributed by atoms with Gasteiger partial charge in [0.1, 0.15) is 23.1 Å². The molecule has 2 aromatic rings. The summed E-state index contributed by atoms with van der Waals surface area (Å²) in [6.07, 6.45) is 1.91. The highest BCUT2D eigenvalue weighted by Crippen LogP contribution is 2.59. The van der Waals surface area contributed by atoms with Gasteiger partial charge in [0, 0.05) is 11.6 Å². The van der Waals surface area contributed by atoms with Crippen molar-refractivity contribution in [1.82, 2.24) is 0 Å². The lowest BCUT2D eigenvalue weighted by Crippen LogP contribution is -2.14. The van der Waals surface area contributed by atoms with Crippen LogP contribution in [0.25, 0.3) is 0 Å². The molecule has 31 heavy (non-hydrogen) atoms. The van der Waals surface area contributed by atoms with E-state index in [1.807, 2.05) is 50.2 Å². The maximum Gasteiger partial charge on any atom is 0.331 e. The van der Waals surface area contributed by atoms with Gasteiger partial charge in [-0.3, -0.25) is 4.79 Å². The Hall–Kier alpha value is -3.11. The van der Waals surface area contributed by atoms with E-state index < -0.39 is 24.0 Å². The molecule has 6 nitrogen and oxygen atoms in total. The number of hydrogen-bond donors (Lipinski definition) is 0. The van der Waals surface area contributed by atoms with Crippen molar-refractivity contribution in [1.29, 1.82) is 5.26 Å². The maximum absolute atomic E-state index is 12.8. The van der Waals surface area contributed by atoms with Crippen molar-refractivity contribution in [3.8, 4) is 17.6 Å². The van der Waals surface area contributed by atoms with Gasteiger partial charge in [0.05, 0.1) is 5.92 Å². The Kier molecular flexibility index (Phi) is 7.13. The molecule has 0 amide bonds. The lowest BCUT2D eigenvalue weighted by molar-refractivity contribution is -0.149. The molecule has 0 heterocycles. The molecule has 3 atom stereocenters. The van der Waals surface area contributed by atoms with E-state index in [2.05, 4.69) is 15.9 Å². The molecule has 1 aliphatic rings. The average molecular weight is 484 g/mol. The fourth-order valence-electron chi connectivity index (χ4n) is 3.50. The number of hydrogen-bond acceptors (Lipinski definition) is 6. The second kappa shape index (κ2) is 9.80. The van der Waals surface area contributed by atoms with Crippen LogP contribution in [0.5, 0.6) is 11.5 Å². The van der Waals surface area contributed by atoms with Crippen LogP contribution in [0.15, 0.2) is 66.7 Å². The minimum absolute atomic E-state index is 0.104. The smallest absolute Gasteiger partial charge is 0.331 e. The summed E-state index contributed by atoms with van der Waals surface area (Å²) in [5, 5.41) is 9.59. The molecule has 160 valence electrons. The Morgan fingerprint density at radius 1 is 1.16 bits per heavy atom. The van der Waals surface area contributed by atoms with Crippen LogP contribution in [-0.2, 0) is 19.1 Å². The van der Waals surface area contributed by atoms with Gasteiger partial charge < -0.3 is 14.2 Å². The lowest BCUT2D eigenvalue weighted by Gasteiger charge is -2.13. The standard InChI is InChI=1S/C24H22BrNO5/c1-24(2)19(11-12-21(27)29-15-25)22(24)23(28)31-20(14-26)16-7-6-10-18(13-16)30-17-8-4-3-5-9-17/h3-13,19-20,22H,15H2,1-2H3/t19-,20+,22-/m0/s1. The highest BCUT2D eigenvalue weighted by atomic mass is 79.9. The molecule has 7 heteroatoms. The number of nitriles is 1. The van der Waals surface area contributed by atoms with Crippen molar-refractivity contribution in [3.05, 3.63) is 72.3 Å². The van der Waals surface area contributed by atoms with Crippen molar-refractivity contribution >= 4 is 27.9 Å². The molecule has 0 saturated heterocycles. The zero-order chi connectivity index (χ0) is 22.4. The number of alkyl halides is 1. The van der Waals surface area contributed by atoms with Crippen LogP contribution in [0.3, 0.4) is 0 Å². The Bertz CT molecular complexity index is 1010. The second-order valence-corrected chi connectivity index (χ2v) is 8.15. The van der Waals surface area contributed by atoms with Crippen LogP contribution in [0.4, 0.5) is 0 Å². The van der Waals surface area contributed by atoms with Crippen LogP contribution in [0.2, 0.25) is 0 Å². The van der Waals surface area contributed by atoms with E-state index in [0.29, 0.717) is 17.1 Å². The molecule has 1 saturated carbocycles. The van der Waals surface area contributed by atoms with Crippen LogP contribution < -0.4 is 4.74 Å². The van der Waals surface area contributed by atoms with Crippen molar-refractivity contribution < 1.29 is 23.8 Å². The van der Waals surface area contributed by atoms with E-state index in [-0.39, 0.29) is 16.8 Å². The zero-order valence-corrected chi connectivity index (χ0v) is 18.7.